The molecule has 10 heteroatoms. The zero-order valence-corrected chi connectivity index (χ0v) is 17.9. The van der Waals surface area contributed by atoms with Crippen molar-refractivity contribution in [1.82, 2.24) is 15.5 Å². The molecule has 4 rings (SSSR count). The van der Waals surface area contributed by atoms with Gasteiger partial charge in [-0.2, -0.15) is 0 Å². The van der Waals surface area contributed by atoms with E-state index in [1.807, 2.05) is 12.3 Å². The van der Waals surface area contributed by atoms with E-state index in [1.165, 1.54) is 18.9 Å². The number of nitrogens with zero attached hydrogens (tertiary/aromatic N) is 3. The van der Waals surface area contributed by atoms with Crippen LogP contribution in [0.3, 0.4) is 0 Å². The van der Waals surface area contributed by atoms with Crippen molar-refractivity contribution in [1.29, 1.82) is 0 Å². The van der Waals surface area contributed by atoms with E-state index in [9.17, 15) is 9.59 Å². The number of aromatic carboxylic acids is 1. The molecule has 1 aliphatic carbocycles. The second-order valence-electron chi connectivity index (χ2n) is 7.87. The van der Waals surface area contributed by atoms with Crippen molar-refractivity contribution < 1.29 is 24.0 Å². The lowest BCUT2D eigenvalue weighted by atomic mass is 10.0. The molecule has 1 saturated carbocycles. The predicted molar refractivity (Wildman–Crippen MR) is 110 cm³/mol. The van der Waals surface area contributed by atoms with Crippen LogP contribution in [0.1, 0.15) is 35.5 Å². The summed E-state index contributed by atoms with van der Waals surface area (Å²) < 4.78 is 10.8. The molecule has 160 valence electrons. The third-order valence-corrected chi connectivity index (χ3v) is 6.30. The maximum absolute atomic E-state index is 11.8. The lowest BCUT2D eigenvalue weighted by Crippen LogP contribution is -2.27. The van der Waals surface area contributed by atoms with E-state index in [-0.39, 0.29) is 18.1 Å². The number of carboxylic acid groups (broad SMARTS) is 1. The molecule has 0 aromatic carbocycles. The number of hydrogen-bond donors (Lipinski definition) is 2. The predicted octanol–water partition coefficient (Wildman–Crippen LogP) is 3.31. The summed E-state index contributed by atoms with van der Waals surface area (Å²) in [5.41, 5.74) is -0.213. The molecule has 2 aliphatic rings. The first-order chi connectivity index (χ1) is 14.5. The zero-order chi connectivity index (χ0) is 21.1. The van der Waals surface area contributed by atoms with Gasteiger partial charge in [-0.1, -0.05) is 5.16 Å². The monoisotopic (exact) mass is 478 g/mol. The van der Waals surface area contributed by atoms with Crippen LogP contribution in [0.5, 0.6) is 0 Å². The number of fused-ring (bicyclic) bond motifs is 1. The van der Waals surface area contributed by atoms with Crippen molar-refractivity contribution >= 4 is 33.8 Å². The minimum absolute atomic E-state index is 0.153. The summed E-state index contributed by atoms with van der Waals surface area (Å²) >= 11 is 3.42. The largest absolute Gasteiger partial charge is 0.476 e. The molecular formula is C20H23BrN4O5. The number of halogens is 1. The Morgan fingerprint density at radius 2 is 2.07 bits per heavy atom. The van der Waals surface area contributed by atoms with Crippen LogP contribution in [-0.4, -0.2) is 46.9 Å². The van der Waals surface area contributed by atoms with Gasteiger partial charge in [-0.05, 0) is 65.1 Å². The molecule has 30 heavy (non-hydrogen) atoms. The molecule has 1 amide bonds. The van der Waals surface area contributed by atoms with E-state index < -0.39 is 12.1 Å². The number of ether oxygens (including phenoxy) is 1. The number of carbonyl (C=O) groups excluding carboxylic acids is 1. The third-order valence-electron chi connectivity index (χ3n) is 5.83. The fraction of sp³-hybridized carbons (Fsp3) is 0.500. The van der Waals surface area contributed by atoms with Gasteiger partial charge in [0.05, 0.1) is 0 Å². The van der Waals surface area contributed by atoms with Gasteiger partial charge in [-0.3, -0.25) is 0 Å². The summed E-state index contributed by atoms with van der Waals surface area (Å²) in [7, 11) is 0. The summed E-state index contributed by atoms with van der Waals surface area (Å²) in [5, 5.41) is 14.9. The van der Waals surface area contributed by atoms with Crippen molar-refractivity contribution in [2.45, 2.75) is 25.9 Å². The van der Waals surface area contributed by atoms with Gasteiger partial charge in [-0.25, -0.2) is 14.6 Å². The maximum Gasteiger partial charge on any atom is 0.407 e. The average Bonchev–Trinajstić information content (AvgIpc) is 3.42. The van der Waals surface area contributed by atoms with Gasteiger partial charge in [0.2, 0.25) is 0 Å². The van der Waals surface area contributed by atoms with Crippen LogP contribution in [0.4, 0.5) is 10.6 Å². The summed E-state index contributed by atoms with van der Waals surface area (Å²) in [6.07, 6.45) is 4.55. The molecule has 1 saturated heterocycles. The molecule has 3 heterocycles. The van der Waals surface area contributed by atoms with Crippen LogP contribution in [0, 0.1) is 17.8 Å². The topological polar surface area (TPSA) is 118 Å². The first kappa shape index (κ1) is 20.6. The number of nitrogens with one attached hydrogen (secondary N) is 1. The SMILES string of the molecule is O=C(NCCC1CC2CN(c3ccc(Br)cn3)CC2C1)OCc1cc(C(=O)O)no1. The highest BCUT2D eigenvalue weighted by Gasteiger charge is 2.40. The standard InChI is InChI=1S/C20H23BrN4O5/c21-15-1-2-18(23-8-15)25-9-13-5-12(6-14(13)10-25)3-4-22-20(28)29-11-16-7-17(19(26)27)24-30-16/h1-2,7-8,12-14H,3-6,9-11H2,(H,22,28)(H,26,27). The Bertz CT molecular complexity index is 889. The van der Waals surface area contributed by atoms with E-state index in [4.69, 9.17) is 14.4 Å². The molecule has 2 N–H and O–H groups in total. The molecule has 2 atom stereocenters. The lowest BCUT2D eigenvalue weighted by molar-refractivity contribution is 0.0684. The Morgan fingerprint density at radius 3 is 2.70 bits per heavy atom. The number of hydrogen-bond acceptors (Lipinski definition) is 7. The third kappa shape index (κ3) is 4.92. The van der Waals surface area contributed by atoms with Crippen LogP contribution in [0.25, 0.3) is 0 Å². The Morgan fingerprint density at radius 1 is 1.30 bits per heavy atom. The molecule has 0 radical (unpaired) electrons. The van der Waals surface area contributed by atoms with Crippen LogP contribution < -0.4 is 10.2 Å². The van der Waals surface area contributed by atoms with Gasteiger partial charge in [0.1, 0.15) is 5.82 Å². The Hall–Kier alpha value is -2.62. The summed E-state index contributed by atoms with van der Waals surface area (Å²) in [5.74, 6) is 2.01. The highest BCUT2D eigenvalue weighted by atomic mass is 79.9. The van der Waals surface area contributed by atoms with Gasteiger partial charge in [0.15, 0.2) is 18.1 Å². The molecule has 0 spiro atoms. The van der Waals surface area contributed by atoms with Crippen molar-refractivity contribution in [3.8, 4) is 0 Å². The first-order valence-corrected chi connectivity index (χ1v) is 10.7. The van der Waals surface area contributed by atoms with Gasteiger partial charge in [-0.15, -0.1) is 0 Å². The number of rotatable bonds is 7. The minimum Gasteiger partial charge on any atom is -0.476 e. The smallest absolute Gasteiger partial charge is 0.407 e. The first-order valence-electron chi connectivity index (χ1n) is 9.94. The highest BCUT2D eigenvalue weighted by molar-refractivity contribution is 9.10. The molecule has 9 nitrogen and oxygen atoms in total. The van der Waals surface area contributed by atoms with Crippen molar-refractivity contribution in [3.05, 3.63) is 40.3 Å². The second kappa shape index (κ2) is 9.03. The fourth-order valence-corrected chi connectivity index (χ4v) is 4.69. The second-order valence-corrected chi connectivity index (χ2v) is 8.79. The Balaban J connectivity index is 1.14. The number of carbonyl (C=O) groups is 2. The van der Waals surface area contributed by atoms with Gasteiger partial charge >= 0.3 is 12.1 Å². The van der Waals surface area contributed by atoms with Gasteiger partial charge < -0.3 is 24.6 Å². The number of anilines is 1. The number of alkyl carbamates (subject to hydrolysis) is 1. The average molecular weight is 479 g/mol. The normalized spacial score (nSPS) is 22.7. The van der Waals surface area contributed by atoms with E-state index >= 15 is 0 Å². The molecular weight excluding hydrogens is 456 g/mol. The number of amides is 1. The van der Waals surface area contributed by atoms with E-state index in [1.54, 1.807) is 0 Å². The van der Waals surface area contributed by atoms with Crippen LogP contribution in [-0.2, 0) is 11.3 Å². The summed E-state index contributed by atoms with van der Waals surface area (Å²) in [6.45, 7) is 2.49. The van der Waals surface area contributed by atoms with Crippen LogP contribution >= 0.6 is 15.9 Å². The van der Waals surface area contributed by atoms with E-state index in [2.05, 4.69) is 42.4 Å². The molecule has 0 bridgehead atoms. The lowest BCUT2D eigenvalue weighted by Gasteiger charge is -2.20. The minimum atomic E-state index is -1.19. The van der Waals surface area contributed by atoms with E-state index in [0.717, 1.165) is 29.8 Å². The van der Waals surface area contributed by atoms with E-state index in [0.29, 0.717) is 24.3 Å². The van der Waals surface area contributed by atoms with Gasteiger partial charge in [0.25, 0.3) is 0 Å². The quantitative estimate of drug-likeness (QED) is 0.621. The Kier molecular flexibility index (Phi) is 6.21. The zero-order valence-electron chi connectivity index (χ0n) is 16.3. The summed E-state index contributed by atoms with van der Waals surface area (Å²) in [4.78, 5) is 29.4. The van der Waals surface area contributed by atoms with Crippen molar-refractivity contribution in [2.24, 2.45) is 17.8 Å². The summed E-state index contributed by atoms with van der Waals surface area (Å²) in [6, 6.07) is 5.32. The molecule has 2 aromatic rings. The van der Waals surface area contributed by atoms with Crippen LogP contribution in [0.15, 0.2) is 33.4 Å². The van der Waals surface area contributed by atoms with Crippen molar-refractivity contribution in [3.63, 3.8) is 0 Å². The molecule has 2 aromatic heterocycles. The molecule has 2 unspecified atom stereocenters. The van der Waals surface area contributed by atoms with Gasteiger partial charge in [0, 0.05) is 36.4 Å². The maximum atomic E-state index is 11.8. The van der Waals surface area contributed by atoms with Crippen LogP contribution in [0.2, 0.25) is 0 Å². The highest BCUT2D eigenvalue weighted by Crippen LogP contribution is 2.43. The van der Waals surface area contributed by atoms with Crippen molar-refractivity contribution in [2.75, 3.05) is 24.5 Å². The Labute approximate surface area is 181 Å². The number of aromatic nitrogens is 2. The molecule has 1 aliphatic heterocycles. The number of pyridine rings is 1. The fourth-order valence-electron chi connectivity index (χ4n) is 4.45. The molecule has 2 fully saturated rings. The number of carboxylic acids is 1.